The topological polar surface area (TPSA) is 58.2 Å². The molecule has 0 radical (unpaired) electrons. The van der Waals surface area contributed by atoms with Crippen LogP contribution in [0.1, 0.15) is 4.88 Å². The Kier molecular flexibility index (Phi) is 4.82. The molecule has 0 saturated carbocycles. The maximum atomic E-state index is 12.2. The minimum Gasteiger partial charge on any atom is -0.315 e. The zero-order chi connectivity index (χ0) is 13.9. The van der Waals surface area contributed by atoms with Gasteiger partial charge in [0.1, 0.15) is 0 Å². The van der Waals surface area contributed by atoms with Crippen LogP contribution in [0.25, 0.3) is 0 Å². The molecule has 0 aliphatic carbocycles. The molecule has 1 heterocycles. The number of halogens is 1. The normalized spacial score (nSPS) is 11.5. The Labute approximate surface area is 130 Å². The van der Waals surface area contributed by atoms with Crippen molar-refractivity contribution >= 4 is 49.6 Å². The van der Waals surface area contributed by atoms with E-state index in [2.05, 4.69) is 32.6 Å². The van der Waals surface area contributed by atoms with Gasteiger partial charge in [-0.3, -0.25) is 4.72 Å². The quantitative estimate of drug-likeness (QED) is 0.749. The third kappa shape index (κ3) is 3.91. The molecule has 0 saturated heterocycles. The molecule has 7 heteroatoms. The summed E-state index contributed by atoms with van der Waals surface area (Å²) in [4.78, 5) is 1.30. The van der Waals surface area contributed by atoms with Crippen LogP contribution in [0, 0.1) is 3.57 Å². The van der Waals surface area contributed by atoms with Gasteiger partial charge in [-0.1, -0.05) is 0 Å². The molecule has 19 heavy (non-hydrogen) atoms. The van der Waals surface area contributed by atoms with E-state index < -0.39 is 10.0 Å². The Morgan fingerprint density at radius 1 is 1.26 bits per heavy atom. The summed E-state index contributed by atoms with van der Waals surface area (Å²) in [5.41, 5.74) is 0.571. The van der Waals surface area contributed by atoms with Crippen LogP contribution in [0.15, 0.2) is 40.6 Å². The lowest BCUT2D eigenvalue weighted by Gasteiger charge is -2.06. The highest BCUT2D eigenvalue weighted by atomic mass is 127. The van der Waals surface area contributed by atoms with Crippen molar-refractivity contribution in [3.8, 4) is 0 Å². The highest BCUT2D eigenvalue weighted by Crippen LogP contribution is 2.22. The molecule has 2 aromatic rings. The van der Waals surface area contributed by atoms with Crippen LogP contribution in [-0.2, 0) is 16.6 Å². The molecule has 0 aliphatic rings. The summed E-state index contributed by atoms with van der Waals surface area (Å²) in [5.74, 6) is 0. The van der Waals surface area contributed by atoms with E-state index in [1.165, 1.54) is 11.3 Å². The Morgan fingerprint density at radius 2 is 1.95 bits per heavy atom. The Morgan fingerprint density at radius 3 is 2.58 bits per heavy atom. The zero-order valence-corrected chi connectivity index (χ0v) is 14.0. The van der Waals surface area contributed by atoms with Gasteiger partial charge in [-0.25, -0.2) is 8.42 Å². The van der Waals surface area contributed by atoms with Gasteiger partial charge in [-0.05, 0) is 60.0 Å². The Balaban J connectivity index is 2.19. The Hall–Kier alpha value is -0.640. The molecule has 0 amide bonds. The van der Waals surface area contributed by atoms with E-state index in [1.807, 2.05) is 19.2 Å². The molecular weight excluding hydrogens is 395 g/mol. The first kappa shape index (κ1) is 14.8. The predicted octanol–water partition coefficient (Wildman–Crippen LogP) is 2.87. The van der Waals surface area contributed by atoms with Crippen LogP contribution in [0.3, 0.4) is 0 Å². The minimum absolute atomic E-state index is 0.307. The molecule has 102 valence electrons. The summed E-state index contributed by atoms with van der Waals surface area (Å²) >= 11 is 3.61. The fourth-order valence-corrected chi connectivity index (χ4v) is 4.21. The zero-order valence-electron chi connectivity index (χ0n) is 10.2. The van der Waals surface area contributed by atoms with E-state index >= 15 is 0 Å². The molecule has 1 aromatic carbocycles. The smallest absolute Gasteiger partial charge is 0.262 e. The predicted molar refractivity (Wildman–Crippen MR) is 87.1 cm³/mol. The number of thiophene rings is 1. The van der Waals surface area contributed by atoms with Crippen molar-refractivity contribution in [3.63, 3.8) is 0 Å². The second-order valence-corrected chi connectivity index (χ2v) is 7.82. The van der Waals surface area contributed by atoms with Crippen LogP contribution in [0.2, 0.25) is 0 Å². The van der Waals surface area contributed by atoms with E-state index in [0.29, 0.717) is 17.1 Å². The fourth-order valence-electron chi connectivity index (χ4n) is 1.50. The number of hydrogen-bond acceptors (Lipinski definition) is 4. The minimum atomic E-state index is -3.49. The van der Waals surface area contributed by atoms with E-state index in [4.69, 9.17) is 0 Å². The molecule has 4 nitrogen and oxygen atoms in total. The van der Waals surface area contributed by atoms with Gasteiger partial charge in [-0.2, -0.15) is 0 Å². The molecule has 2 rings (SSSR count). The fraction of sp³-hybridized carbons (Fsp3) is 0.167. The summed E-state index contributed by atoms with van der Waals surface area (Å²) < 4.78 is 28.0. The maximum Gasteiger partial charge on any atom is 0.262 e. The maximum absolute atomic E-state index is 12.2. The van der Waals surface area contributed by atoms with Gasteiger partial charge >= 0.3 is 0 Å². The molecule has 0 unspecified atom stereocenters. The summed E-state index contributed by atoms with van der Waals surface area (Å²) in [6.07, 6.45) is 0. The van der Waals surface area contributed by atoms with Gasteiger partial charge < -0.3 is 5.32 Å². The molecule has 0 bridgehead atoms. The third-order valence-corrected chi connectivity index (χ3v) is 5.55. The van der Waals surface area contributed by atoms with E-state index in [-0.39, 0.29) is 0 Å². The van der Waals surface area contributed by atoms with Crippen LogP contribution in [0.5, 0.6) is 0 Å². The van der Waals surface area contributed by atoms with E-state index in [0.717, 1.165) is 8.45 Å². The highest BCUT2D eigenvalue weighted by molar-refractivity contribution is 14.1. The first-order chi connectivity index (χ1) is 9.01. The standard InChI is InChI=1S/C12H13IN2O2S2/c1-14-7-11-6-12(8-18-11)19(16,17)15-10-4-2-9(13)3-5-10/h2-6,8,14-15H,7H2,1H3. The largest absolute Gasteiger partial charge is 0.315 e. The van der Waals surface area contributed by atoms with Crippen LogP contribution >= 0.6 is 33.9 Å². The average Bonchev–Trinajstić information content (AvgIpc) is 2.82. The Bertz CT molecular complexity index is 651. The number of benzene rings is 1. The molecular formula is C12H13IN2O2S2. The summed E-state index contributed by atoms with van der Waals surface area (Å²) in [5, 5.41) is 4.65. The van der Waals surface area contributed by atoms with Crippen molar-refractivity contribution in [1.29, 1.82) is 0 Å². The molecule has 0 fully saturated rings. The number of sulfonamides is 1. The highest BCUT2D eigenvalue weighted by Gasteiger charge is 2.16. The van der Waals surface area contributed by atoms with Gasteiger partial charge in [-0.15, -0.1) is 11.3 Å². The number of hydrogen-bond donors (Lipinski definition) is 2. The summed E-state index contributed by atoms with van der Waals surface area (Å²) in [6.45, 7) is 0.670. The van der Waals surface area contributed by atoms with Gasteiger partial charge in [0.05, 0.1) is 4.90 Å². The number of nitrogens with one attached hydrogen (secondary N) is 2. The third-order valence-electron chi connectivity index (χ3n) is 2.39. The second kappa shape index (κ2) is 6.21. The van der Waals surface area contributed by atoms with Gasteiger partial charge in [0.25, 0.3) is 10.0 Å². The molecule has 2 N–H and O–H groups in total. The van der Waals surface area contributed by atoms with Crippen LogP contribution in [-0.4, -0.2) is 15.5 Å². The van der Waals surface area contributed by atoms with E-state index in [9.17, 15) is 8.42 Å². The summed E-state index contributed by atoms with van der Waals surface area (Å²) in [7, 11) is -1.66. The molecule has 0 atom stereocenters. The average molecular weight is 408 g/mol. The van der Waals surface area contributed by atoms with Gasteiger partial charge in [0, 0.05) is 26.1 Å². The first-order valence-corrected chi connectivity index (χ1v) is 8.96. The SMILES string of the molecule is CNCc1cc(S(=O)(=O)Nc2ccc(I)cc2)cs1. The first-order valence-electron chi connectivity index (χ1n) is 5.51. The van der Waals surface area contributed by atoms with E-state index in [1.54, 1.807) is 23.6 Å². The lowest BCUT2D eigenvalue weighted by Crippen LogP contribution is -2.12. The molecule has 0 aliphatic heterocycles. The van der Waals surface area contributed by atoms with Crippen molar-refractivity contribution in [2.75, 3.05) is 11.8 Å². The van der Waals surface area contributed by atoms with Crippen molar-refractivity contribution in [3.05, 3.63) is 44.2 Å². The van der Waals surface area contributed by atoms with Crippen molar-refractivity contribution in [2.24, 2.45) is 0 Å². The van der Waals surface area contributed by atoms with Crippen LogP contribution < -0.4 is 10.0 Å². The lowest BCUT2D eigenvalue weighted by molar-refractivity contribution is 0.601. The van der Waals surface area contributed by atoms with Crippen molar-refractivity contribution < 1.29 is 8.42 Å². The second-order valence-electron chi connectivity index (χ2n) is 3.89. The number of anilines is 1. The van der Waals surface area contributed by atoms with Crippen LogP contribution in [0.4, 0.5) is 5.69 Å². The number of rotatable bonds is 5. The van der Waals surface area contributed by atoms with Gasteiger partial charge in [0.2, 0.25) is 0 Å². The summed E-state index contributed by atoms with van der Waals surface area (Å²) in [6, 6.07) is 8.91. The lowest BCUT2D eigenvalue weighted by atomic mass is 10.3. The molecule has 1 aromatic heterocycles. The monoisotopic (exact) mass is 408 g/mol. The van der Waals surface area contributed by atoms with Gasteiger partial charge in [0.15, 0.2) is 0 Å². The molecule has 0 spiro atoms. The van der Waals surface area contributed by atoms with Crippen molar-refractivity contribution in [1.82, 2.24) is 5.32 Å². The van der Waals surface area contributed by atoms with Crippen molar-refractivity contribution in [2.45, 2.75) is 11.4 Å².